The second-order valence-corrected chi connectivity index (χ2v) is 5.02. The Balaban J connectivity index is 1.87. The van der Waals surface area contributed by atoms with Crippen LogP contribution in [0.4, 0.5) is 0 Å². The van der Waals surface area contributed by atoms with E-state index in [1.807, 2.05) is 37.3 Å². The van der Waals surface area contributed by atoms with Gasteiger partial charge < -0.3 is 4.90 Å². The average Bonchev–Trinajstić information content (AvgIpc) is 3.12. The quantitative estimate of drug-likeness (QED) is 0.727. The van der Waals surface area contributed by atoms with Gasteiger partial charge >= 0.3 is 0 Å². The standard InChI is InChI=1S/C14H15NO2/c1-10(11-5-3-2-4-6-11)15-9-12(16)14(7-8-14)13(15)17/h2-6,10H,7-9H2,1H3/t10-/m1/s1. The molecule has 1 aliphatic heterocycles. The van der Waals surface area contributed by atoms with Crippen LogP contribution in [0.5, 0.6) is 0 Å². The summed E-state index contributed by atoms with van der Waals surface area (Å²) in [5.41, 5.74) is 0.481. The SMILES string of the molecule is C[C@H](c1ccccc1)N1CC(=O)C2(CC2)C1=O. The minimum absolute atomic E-state index is 0.00683. The van der Waals surface area contributed by atoms with Crippen molar-refractivity contribution < 1.29 is 9.59 Å². The number of hydrogen-bond acceptors (Lipinski definition) is 2. The Hall–Kier alpha value is -1.64. The molecule has 2 aliphatic rings. The number of ketones is 1. The van der Waals surface area contributed by atoms with Crippen LogP contribution in [-0.4, -0.2) is 23.1 Å². The lowest BCUT2D eigenvalue weighted by molar-refractivity contribution is -0.135. The summed E-state index contributed by atoms with van der Waals surface area (Å²) in [6.45, 7) is 2.27. The maximum absolute atomic E-state index is 12.2. The van der Waals surface area contributed by atoms with Crippen molar-refractivity contribution in [2.24, 2.45) is 5.41 Å². The smallest absolute Gasteiger partial charge is 0.237 e. The molecule has 1 atom stereocenters. The number of carbonyl (C=O) groups excluding carboxylic acids is 2. The van der Waals surface area contributed by atoms with E-state index in [0.717, 1.165) is 18.4 Å². The second kappa shape index (κ2) is 3.42. The Bertz CT molecular complexity index is 476. The summed E-state index contributed by atoms with van der Waals surface area (Å²) in [5.74, 6) is 0.157. The van der Waals surface area contributed by atoms with Gasteiger partial charge in [0.05, 0.1) is 12.6 Å². The minimum atomic E-state index is -0.608. The zero-order valence-electron chi connectivity index (χ0n) is 9.85. The van der Waals surface area contributed by atoms with Crippen molar-refractivity contribution in [2.45, 2.75) is 25.8 Å². The molecule has 3 nitrogen and oxygen atoms in total. The van der Waals surface area contributed by atoms with Crippen LogP contribution in [0.25, 0.3) is 0 Å². The van der Waals surface area contributed by atoms with Gasteiger partial charge in [-0.15, -0.1) is 0 Å². The summed E-state index contributed by atoms with van der Waals surface area (Å²) in [6.07, 6.45) is 1.51. The number of carbonyl (C=O) groups is 2. The maximum Gasteiger partial charge on any atom is 0.237 e. The number of Topliss-reactive ketones (excluding diaryl/α,β-unsaturated/α-hetero) is 1. The Morgan fingerprint density at radius 3 is 2.35 bits per heavy atom. The molecule has 17 heavy (non-hydrogen) atoms. The molecule has 0 aromatic heterocycles. The predicted molar refractivity (Wildman–Crippen MR) is 63.2 cm³/mol. The molecule has 0 radical (unpaired) electrons. The summed E-state index contributed by atoms with van der Waals surface area (Å²) in [4.78, 5) is 25.8. The third-order valence-electron chi connectivity index (χ3n) is 4.02. The number of nitrogens with zero attached hydrogens (tertiary/aromatic N) is 1. The van der Waals surface area contributed by atoms with E-state index >= 15 is 0 Å². The monoisotopic (exact) mass is 229 g/mol. The van der Waals surface area contributed by atoms with Gasteiger partial charge in [-0.1, -0.05) is 30.3 Å². The summed E-state index contributed by atoms with van der Waals surface area (Å²) in [5, 5.41) is 0. The predicted octanol–water partition coefficient (Wildman–Crippen LogP) is 1.94. The molecule has 1 saturated heterocycles. The fourth-order valence-corrected chi connectivity index (χ4v) is 2.61. The topological polar surface area (TPSA) is 37.4 Å². The largest absolute Gasteiger partial charge is 0.328 e. The van der Waals surface area contributed by atoms with Gasteiger partial charge in [0.2, 0.25) is 5.91 Å². The van der Waals surface area contributed by atoms with Crippen LogP contribution >= 0.6 is 0 Å². The van der Waals surface area contributed by atoms with E-state index < -0.39 is 5.41 Å². The highest BCUT2D eigenvalue weighted by molar-refractivity contribution is 6.15. The van der Waals surface area contributed by atoms with E-state index in [9.17, 15) is 9.59 Å². The number of likely N-dealkylation sites (tertiary alicyclic amines) is 1. The van der Waals surface area contributed by atoms with Crippen LogP contribution in [0.2, 0.25) is 0 Å². The fourth-order valence-electron chi connectivity index (χ4n) is 2.61. The molecule has 2 fully saturated rings. The van der Waals surface area contributed by atoms with Gasteiger partial charge in [-0.2, -0.15) is 0 Å². The van der Waals surface area contributed by atoms with Crippen molar-refractivity contribution in [3.05, 3.63) is 35.9 Å². The van der Waals surface area contributed by atoms with Crippen molar-refractivity contribution in [2.75, 3.05) is 6.54 Å². The van der Waals surface area contributed by atoms with Gasteiger partial charge in [0.1, 0.15) is 5.41 Å². The van der Waals surface area contributed by atoms with Gasteiger partial charge in [0.15, 0.2) is 5.78 Å². The normalized spacial score (nSPS) is 23.2. The first-order valence-corrected chi connectivity index (χ1v) is 6.04. The molecule has 1 aliphatic carbocycles. The molecule has 1 saturated carbocycles. The molecule has 0 bridgehead atoms. The first-order chi connectivity index (χ1) is 8.15. The van der Waals surface area contributed by atoms with Crippen molar-refractivity contribution >= 4 is 11.7 Å². The minimum Gasteiger partial charge on any atom is -0.328 e. The van der Waals surface area contributed by atoms with Crippen LogP contribution in [0.1, 0.15) is 31.4 Å². The first kappa shape index (κ1) is 10.5. The van der Waals surface area contributed by atoms with E-state index in [2.05, 4.69) is 0 Å². The van der Waals surface area contributed by atoms with Crippen LogP contribution in [0, 0.1) is 5.41 Å². The van der Waals surface area contributed by atoms with E-state index in [1.165, 1.54) is 0 Å². The molecule has 1 heterocycles. The van der Waals surface area contributed by atoms with Crippen molar-refractivity contribution in [1.29, 1.82) is 0 Å². The number of hydrogen-bond donors (Lipinski definition) is 0. The average molecular weight is 229 g/mol. The highest BCUT2D eigenvalue weighted by atomic mass is 16.2. The molecule has 1 aromatic rings. The third-order valence-corrected chi connectivity index (χ3v) is 4.02. The Labute approximate surface area is 100 Å². The summed E-state index contributed by atoms with van der Waals surface area (Å²) >= 11 is 0. The molecule has 1 spiro atoms. The van der Waals surface area contributed by atoms with Crippen LogP contribution in [-0.2, 0) is 9.59 Å². The highest BCUT2D eigenvalue weighted by Crippen LogP contribution is 2.52. The van der Waals surface area contributed by atoms with Gasteiger partial charge in [-0.05, 0) is 25.3 Å². The lowest BCUT2D eigenvalue weighted by Gasteiger charge is -2.24. The lowest BCUT2D eigenvalue weighted by atomic mass is 10.0. The van der Waals surface area contributed by atoms with E-state index in [0.29, 0.717) is 0 Å². The van der Waals surface area contributed by atoms with Crippen molar-refractivity contribution in [3.63, 3.8) is 0 Å². The molecule has 0 N–H and O–H groups in total. The third kappa shape index (κ3) is 1.42. The van der Waals surface area contributed by atoms with Gasteiger partial charge in [-0.25, -0.2) is 0 Å². The number of benzene rings is 1. The zero-order chi connectivity index (χ0) is 12.0. The maximum atomic E-state index is 12.2. The lowest BCUT2D eigenvalue weighted by Crippen LogP contribution is -2.30. The van der Waals surface area contributed by atoms with Crippen LogP contribution < -0.4 is 0 Å². The van der Waals surface area contributed by atoms with Crippen molar-refractivity contribution in [1.82, 2.24) is 4.90 Å². The van der Waals surface area contributed by atoms with Gasteiger partial charge in [0, 0.05) is 0 Å². The summed E-state index contributed by atoms with van der Waals surface area (Å²) < 4.78 is 0. The molecule has 3 heteroatoms. The molecular weight excluding hydrogens is 214 g/mol. The van der Waals surface area contributed by atoms with Crippen LogP contribution in [0.3, 0.4) is 0 Å². The molecule has 3 rings (SSSR count). The zero-order valence-corrected chi connectivity index (χ0v) is 9.85. The molecule has 88 valence electrons. The molecule has 1 amide bonds. The Kier molecular flexibility index (Phi) is 2.12. The molecule has 0 unspecified atom stereocenters. The Morgan fingerprint density at radius 1 is 1.18 bits per heavy atom. The first-order valence-electron chi connectivity index (χ1n) is 6.04. The van der Waals surface area contributed by atoms with Gasteiger partial charge in [-0.3, -0.25) is 9.59 Å². The highest BCUT2D eigenvalue weighted by Gasteiger charge is 2.62. The molecule has 1 aromatic carbocycles. The second-order valence-electron chi connectivity index (χ2n) is 5.02. The Morgan fingerprint density at radius 2 is 1.82 bits per heavy atom. The fraction of sp³-hybridized carbons (Fsp3) is 0.429. The van der Waals surface area contributed by atoms with Crippen LogP contribution in [0.15, 0.2) is 30.3 Å². The summed E-state index contributed by atoms with van der Waals surface area (Å²) in [7, 11) is 0. The van der Waals surface area contributed by atoms with E-state index in [4.69, 9.17) is 0 Å². The van der Waals surface area contributed by atoms with Gasteiger partial charge in [0.25, 0.3) is 0 Å². The van der Waals surface area contributed by atoms with Crippen molar-refractivity contribution in [3.8, 4) is 0 Å². The van der Waals surface area contributed by atoms with E-state index in [1.54, 1.807) is 4.90 Å². The summed E-state index contributed by atoms with van der Waals surface area (Å²) in [6, 6.07) is 9.87. The van der Waals surface area contributed by atoms with E-state index in [-0.39, 0.29) is 24.3 Å². The molecular formula is C14H15NO2. The number of rotatable bonds is 2. The number of amides is 1.